The Balaban J connectivity index is 3.22. The van der Waals surface area contributed by atoms with Crippen LogP contribution in [0.2, 0.25) is 5.02 Å². The highest BCUT2D eigenvalue weighted by molar-refractivity contribution is 9.11. The quantitative estimate of drug-likeness (QED) is 0.590. The van der Waals surface area contributed by atoms with Crippen LogP contribution in [0.25, 0.3) is 0 Å². The van der Waals surface area contributed by atoms with Crippen LogP contribution in [0.15, 0.2) is 21.1 Å². The molecule has 0 spiro atoms. The third-order valence-electron chi connectivity index (χ3n) is 1.56. The third-order valence-corrected chi connectivity index (χ3v) is 4.39. The van der Waals surface area contributed by atoms with Crippen molar-refractivity contribution in [2.45, 2.75) is 4.83 Å². The van der Waals surface area contributed by atoms with E-state index in [1.54, 1.807) is 12.1 Å². The normalized spacial score (nSPS) is 12.6. The second-order valence-corrected chi connectivity index (χ2v) is 5.58. The maximum atomic E-state index is 11.0. The zero-order chi connectivity index (χ0) is 10.9. The zero-order valence-corrected chi connectivity index (χ0v) is 12.2. The van der Waals surface area contributed by atoms with Crippen molar-refractivity contribution < 1.29 is 4.79 Å². The van der Waals surface area contributed by atoms with Crippen molar-refractivity contribution >= 4 is 65.3 Å². The van der Waals surface area contributed by atoms with Crippen LogP contribution in [0.5, 0.6) is 0 Å². The molecular formula is C8H5Br3ClNO. The first-order valence-electron chi connectivity index (χ1n) is 3.51. The van der Waals surface area contributed by atoms with Crippen LogP contribution in [-0.2, 0) is 4.79 Å². The molecule has 1 unspecified atom stereocenters. The predicted molar refractivity (Wildman–Crippen MR) is 67.7 cm³/mol. The van der Waals surface area contributed by atoms with E-state index in [9.17, 15) is 4.79 Å². The molecule has 1 aromatic carbocycles. The minimum Gasteiger partial charge on any atom is -0.368 e. The molecule has 2 N–H and O–H groups in total. The third kappa shape index (κ3) is 2.72. The molecule has 1 rings (SSSR count). The van der Waals surface area contributed by atoms with Gasteiger partial charge in [0.05, 0.1) is 5.02 Å². The van der Waals surface area contributed by atoms with Crippen molar-refractivity contribution in [3.05, 3.63) is 31.7 Å². The fourth-order valence-corrected chi connectivity index (χ4v) is 2.80. The largest absolute Gasteiger partial charge is 0.368 e. The highest BCUT2D eigenvalue weighted by Crippen LogP contribution is 2.35. The number of hydrogen-bond donors (Lipinski definition) is 1. The highest BCUT2D eigenvalue weighted by Gasteiger charge is 2.18. The van der Waals surface area contributed by atoms with Gasteiger partial charge in [-0.05, 0) is 33.6 Å². The summed E-state index contributed by atoms with van der Waals surface area (Å²) in [5.41, 5.74) is 5.91. The topological polar surface area (TPSA) is 43.1 Å². The van der Waals surface area contributed by atoms with Crippen molar-refractivity contribution in [1.29, 1.82) is 0 Å². The average molecular weight is 406 g/mol. The van der Waals surface area contributed by atoms with Crippen LogP contribution in [0, 0.1) is 0 Å². The maximum absolute atomic E-state index is 11.0. The van der Waals surface area contributed by atoms with E-state index in [4.69, 9.17) is 17.3 Å². The number of primary amides is 1. The van der Waals surface area contributed by atoms with Crippen LogP contribution in [0.4, 0.5) is 0 Å². The van der Waals surface area contributed by atoms with Crippen LogP contribution in [0.3, 0.4) is 0 Å². The molecule has 76 valence electrons. The lowest BCUT2D eigenvalue weighted by molar-refractivity contribution is -0.117. The lowest BCUT2D eigenvalue weighted by Gasteiger charge is -2.09. The van der Waals surface area contributed by atoms with E-state index in [2.05, 4.69) is 47.8 Å². The summed E-state index contributed by atoms with van der Waals surface area (Å²) in [6, 6.07) is 3.45. The van der Waals surface area contributed by atoms with Gasteiger partial charge in [-0.3, -0.25) is 4.79 Å². The number of alkyl halides is 1. The van der Waals surface area contributed by atoms with Crippen LogP contribution in [-0.4, -0.2) is 5.91 Å². The minimum atomic E-state index is -0.523. The average Bonchev–Trinajstić information content (AvgIpc) is 2.10. The highest BCUT2D eigenvalue weighted by atomic mass is 79.9. The zero-order valence-electron chi connectivity index (χ0n) is 6.73. The number of carbonyl (C=O) groups is 1. The van der Waals surface area contributed by atoms with Crippen LogP contribution in [0.1, 0.15) is 10.4 Å². The molecule has 0 heterocycles. The van der Waals surface area contributed by atoms with Gasteiger partial charge in [-0.25, -0.2) is 0 Å². The van der Waals surface area contributed by atoms with E-state index in [-0.39, 0.29) is 0 Å². The van der Waals surface area contributed by atoms with Crippen molar-refractivity contribution in [2.24, 2.45) is 5.73 Å². The first kappa shape index (κ1) is 12.5. The Morgan fingerprint density at radius 3 is 2.43 bits per heavy atom. The van der Waals surface area contributed by atoms with Gasteiger partial charge in [-0.2, -0.15) is 0 Å². The number of halogens is 4. The SMILES string of the molecule is NC(=O)C(Br)c1cc(Br)c(Cl)cc1Br. The summed E-state index contributed by atoms with van der Waals surface area (Å²) in [7, 11) is 0. The Morgan fingerprint density at radius 1 is 1.36 bits per heavy atom. The molecule has 1 aromatic rings. The molecule has 6 heteroatoms. The number of hydrogen-bond acceptors (Lipinski definition) is 1. The van der Waals surface area contributed by atoms with E-state index in [0.29, 0.717) is 5.02 Å². The lowest BCUT2D eigenvalue weighted by atomic mass is 10.1. The molecule has 0 saturated carbocycles. The van der Waals surface area contributed by atoms with E-state index >= 15 is 0 Å². The van der Waals surface area contributed by atoms with Crippen LogP contribution >= 0.6 is 59.4 Å². The number of benzene rings is 1. The summed E-state index contributed by atoms with van der Waals surface area (Å²) in [6.07, 6.45) is 0. The number of carbonyl (C=O) groups excluding carboxylic acids is 1. The van der Waals surface area contributed by atoms with Crippen molar-refractivity contribution in [3.8, 4) is 0 Å². The molecule has 0 aliphatic carbocycles. The Kier molecular flexibility index (Phi) is 4.43. The van der Waals surface area contributed by atoms with Gasteiger partial charge in [-0.1, -0.05) is 43.5 Å². The van der Waals surface area contributed by atoms with Crippen molar-refractivity contribution in [3.63, 3.8) is 0 Å². The van der Waals surface area contributed by atoms with E-state index in [1.807, 2.05) is 0 Å². The van der Waals surface area contributed by atoms with Gasteiger partial charge in [0.1, 0.15) is 4.83 Å². The van der Waals surface area contributed by atoms with E-state index < -0.39 is 10.7 Å². The second-order valence-electron chi connectivity index (χ2n) is 2.55. The van der Waals surface area contributed by atoms with Gasteiger partial charge in [0, 0.05) is 8.95 Å². The molecule has 2 nitrogen and oxygen atoms in total. The van der Waals surface area contributed by atoms with E-state index in [0.717, 1.165) is 14.5 Å². The Morgan fingerprint density at radius 2 is 1.93 bits per heavy atom. The summed E-state index contributed by atoms with van der Waals surface area (Å²) in [5, 5.41) is 0.574. The van der Waals surface area contributed by atoms with Crippen LogP contribution < -0.4 is 5.73 Å². The van der Waals surface area contributed by atoms with Gasteiger partial charge in [0.15, 0.2) is 0 Å². The first-order valence-corrected chi connectivity index (χ1v) is 6.39. The van der Waals surface area contributed by atoms with Gasteiger partial charge in [0.25, 0.3) is 0 Å². The number of rotatable bonds is 2. The van der Waals surface area contributed by atoms with Gasteiger partial charge < -0.3 is 5.73 Å². The predicted octanol–water partition coefficient (Wildman–Crippen LogP) is 3.79. The molecule has 14 heavy (non-hydrogen) atoms. The molecule has 0 bridgehead atoms. The Hall–Kier alpha value is 0.420. The van der Waals surface area contributed by atoms with Gasteiger partial charge >= 0.3 is 0 Å². The summed E-state index contributed by atoms with van der Waals surface area (Å²) < 4.78 is 1.47. The van der Waals surface area contributed by atoms with E-state index in [1.165, 1.54) is 0 Å². The fraction of sp³-hybridized carbons (Fsp3) is 0.125. The molecule has 1 atom stereocenters. The first-order chi connectivity index (χ1) is 6.43. The van der Waals surface area contributed by atoms with Gasteiger partial charge in [-0.15, -0.1) is 0 Å². The standard InChI is InChI=1S/C8H5Br3ClNO/c9-4-2-6(12)5(10)1-3(4)7(11)8(13)14/h1-2,7H,(H2,13,14). The summed E-state index contributed by atoms with van der Waals surface area (Å²) >= 11 is 15.6. The molecule has 0 radical (unpaired) electrons. The molecule has 0 saturated heterocycles. The molecular weight excluding hydrogens is 401 g/mol. The Labute approximate surface area is 112 Å². The number of nitrogens with two attached hydrogens (primary N) is 1. The summed E-state index contributed by atoms with van der Waals surface area (Å²) in [5.74, 6) is -0.445. The minimum absolute atomic E-state index is 0.445. The lowest BCUT2D eigenvalue weighted by Crippen LogP contribution is -2.17. The molecule has 0 aliphatic heterocycles. The molecule has 0 aliphatic rings. The number of amides is 1. The Bertz CT molecular complexity index is 383. The molecule has 1 amide bonds. The summed E-state index contributed by atoms with van der Waals surface area (Å²) in [6.45, 7) is 0. The fourth-order valence-electron chi connectivity index (χ4n) is 0.885. The monoisotopic (exact) mass is 403 g/mol. The summed E-state index contributed by atoms with van der Waals surface area (Å²) in [4.78, 5) is 10.4. The molecule has 0 aromatic heterocycles. The van der Waals surface area contributed by atoms with Crippen molar-refractivity contribution in [1.82, 2.24) is 0 Å². The maximum Gasteiger partial charge on any atom is 0.235 e. The second kappa shape index (κ2) is 4.96. The smallest absolute Gasteiger partial charge is 0.235 e. The van der Waals surface area contributed by atoms with Crippen molar-refractivity contribution in [2.75, 3.05) is 0 Å². The molecule has 0 fully saturated rings. The van der Waals surface area contributed by atoms with Gasteiger partial charge in [0.2, 0.25) is 5.91 Å².